The molecule has 1 fully saturated rings. The molecule has 0 spiro atoms. The number of hydrogen-bond acceptors (Lipinski definition) is 2. The molecule has 100 valence electrons. The van der Waals surface area contributed by atoms with Gasteiger partial charge in [0.1, 0.15) is 0 Å². The van der Waals surface area contributed by atoms with Crippen molar-refractivity contribution in [2.45, 2.75) is 44.8 Å². The van der Waals surface area contributed by atoms with E-state index in [1.807, 2.05) is 24.3 Å². The van der Waals surface area contributed by atoms with Gasteiger partial charge in [-0.2, -0.15) is 0 Å². The van der Waals surface area contributed by atoms with E-state index in [0.717, 1.165) is 16.0 Å². The number of hydrogen-bond donors (Lipinski definition) is 2. The van der Waals surface area contributed by atoms with Crippen LogP contribution in [0, 0.1) is 5.92 Å². The summed E-state index contributed by atoms with van der Waals surface area (Å²) in [6.07, 6.45) is 4.69. The molecule has 1 atom stereocenters. The van der Waals surface area contributed by atoms with Gasteiger partial charge in [0.25, 0.3) is 0 Å². The molecule has 0 aromatic heterocycles. The van der Waals surface area contributed by atoms with Crippen LogP contribution in [0.2, 0.25) is 0 Å². The van der Waals surface area contributed by atoms with Gasteiger partial charge < -0.3 is 10.4 Å². The molecular weight excluding hydrogens is 290 g/mol. The van der Waals surface area contributed by atoms with Crippen molar-refractivity contribution in [3.8, 4) is 0 Å². The fraction of sp³-hybridized carbons (Fsp3) is 0.600. The zero-order valence-electron chi connectivity index (χ0n) is 10.9. The van der Waals surface area contributed by atoms with E-state index in [0.29, 0.717) is 12.6 Å². The normalized spacial score (nSPS) is 25.9. The number of nitrogens with one attached hydrogen (secondary N) is 1. The van der Waals surface area contributed by atoms with Crippen LogP contribution >= 0.6 is 15.9 Å². The van der Waals surface area contributed by atoms with Crippen LogP contribution in [0.5, 0.6) is 0 Å². The lowest BCUT2D eigenvalue weighted by molar-refractivity contribution is 0.163. The van der Waals surface area contributed by atoms with Crippen LogP contribution in [0.1, 0.15) is 44.3 Å². The third kappa shape index (κ3) is 4.08. The fourth-order valence-electron chi connectivity index (χ4n) is 2.57. The van der Waals surface area contributed by atoms with E-state index in [1.165, 1.54) is 25.7 Å². The van der Waals surface area contributed by atoms with E-state index in [2.05, 4.69) is 28.2 Å². The third-order valence-electron chi connectivity index (χ3n) is 3.85. The first kappa shape index (κ1) is 14.0. The summed E-state index contributed by atoms with van der Waals surface area (Å²) in [5.74, 6) is 0.873. The van der Waals surface area contributed by atoms with E-state index in [9.17, 15) is 5.11 Å². The minimum Gasteiger partial charge on any atom is -0.387 e. The molecular formula is C15H22BrNO. The quantitative estimate of drug-likeness (QED) is 0.889. The van der Waals surface area contributed by atoms with E-state index in [-0.39, 0.29) is 0 Å². The molecule has 2 N–H and O–H groups in total. The second-order valence-electron chi connectivity index (χ2n) is 5.44. The third-order valence-corrected chi connectivity index (χ3v) is 4.34. The summed E-state index contributed by atoms with van der Waals surface area (Å²) in [5.41, 5.74) is 0.973. The van der Waals surface area contributed by atoms with Gasteiger partial charge in [-0.25, -0.2) is 0 Å². The van der Waals surface area contributed by atoms with Crippen molar-refractivity contribution in [2.75, 3.05) is 6.54 Å². The summed E-state index contributed by atoms with van der Waals surface area (Å²) in [4.78, 5) is 0. The van der Waals surface area contributed by atoms with Crippen molar-refractivity contribution in [1.29, 1.82) is 0 Å². The predicted molar refractivity (Wildman–Crippen MR) is 78.5 cm³/mol. The van der Waals surface area contributed by atoms with Crippen LogP contribution in [0.25, 0.3) is 0 Å². The Bertz CT molecular complexity index is 375. The number of halogens is 1. The lowest BCUT2D eigenvalue weighted by Crippen LogP contribution is -2.35. The molecule has 1 saturated carbocycles. The molecule has 3 heteroatoms. The Morgan fingerprint density at radius 1 is 1.33 bits per heavy atom. The molecule has 0 aliphatic heterocycles. The molecule has 1 aliphatic rings. The number of rotatable bonds is 4. The van der Waals surface area contributed by atoms with E-state index in [1.54, 1.807) is 0 Å². The first-order valence-electron chi connectivity index (χ1n) is 6.82. The van der Waals surface area contributed by atoms with Gasteiger partial charge in [0, 0.05) is 17.1 Å². The minimum absolute atomic E-state index is 0.415. The highest BCUT2D eigenvalue weighted by Crippen LogP contribution is 2.24. The highest BCUT2D eigenvalue weighted by Gasteiger charge is 2.18. The summed E-state index contributed by atoms with van der Waals surface area (Å²) in [5, 5.41) is 13.6. The Hall–Kier alpha value is -0.380. The highest BCUT2D eigenvalue weighted by molar-refractivity contribution is 9.10. The molecule has 18 heavy (non-hydrogen) atoms. The van der Waals surface area contributed by atoms with Crippen LogP contribution in [-0.2, 0) is 0 Å². The lowest BCUT2D eigenvalue weighted by atomic mass is 9.87. The van der Waals surface area contributed by atoms with Gasteiger partial charge in [-0.1, -0.05) is 35.0 Å². The molecule has 2 nitrogen and oxygen atoms in total. The van der Waals surface area contributed by atoms with Crippen molar-refractivity contribution >= 4 is 15.9 Å². The average molecular weight is 312 g/mol. The maximum atomic E-state index is 10.1. The van der Waals surface area contributed by atoms with Gasteiger partial charge in [0.05, 0.1) is 6.10 Å². The van der Waals surface area contributed by atoms with Crippen molar-refractivity contribution in [1.82, 2.24) is 5.32 Å². The lowest BCUT2D eigenvalue weighted by Gasteiger charge is -2.28. The molecule has 1 aromatic carbocycles. The maximum Gasteiger partial charge on any atom is 0.0914 e. The zero-order chi connectivity index (χ0) is 13.0. The van der Waals surface area contributed by atoms with Crippen molar-refractivity contribution in [3.63, 3.8) is 0 Å². The predicted octanol–water partition coefficient (Wildman–Crippen LogP) is 3.65. The van der Waals surface area contributed by atoms with E-state index in [4.69, 9.17) is 0 Å². The highest BCUT2D eigenvalue weighted by atomic mass is 79.9. The van der Waals surface area contributed by atoms with Gasteiger partial charge >= 0.3 is 0 Å². The SMILES string of the molecule is CC1CCC(NCC(O)c2cccc(Br)c2)CC1. The minimum atomic E-state index is -0.415. The Balaban J connectivity index is 1.79. The zero-order valence-corrected chi connectivity index (χ0v) is 12.5. The summed E-state index contributed by atoms with van der Waals surface area (Å²) in [7, 11) is 0. The first-order chi connectivity index (χ1) is 8.65. The Morgan fingerprint density at radius 3 is 2.72 bits per heavy atom. The summed E-state index contributed by atoms with van der Waals surface area (Å²) in [6, 6.07) is 8.48. The van der Waals surface area contributed by atoms with Crippen LogP contribution in [0.4, 0.5) is 0 Å². The Morgan fingerprint density at radius 2 is 2.06 bits per heavy atom. The number of aliphatic hydroxyl groups excluding tert-OH is 1. The van der Waals surface area contributed by atoms with Crippen LogP contribution in [0.3, 0.4) is 0 Å². The smallest absolute Gasteiger partial charge is 0.0914 e. The maximum absolute atomic E-state index is 10.1. The largest absolute Gasteiger partial charge is 0.387 e. The first-order valence-corrected chi connectivity index (χ1v) is 7.61. The summed E-state index contributed by atoms with van der Waals surface area (Å²) >= 11 is 3.43. The molecule has 0 saturated heterocycles. The van der Waals surface area contributed by atoms with Crippen LogP contribution < -0.4 is 5.32 Å². The molecule has 0 heterocycles. The second-order valence-corrected chi connectivity index (χ2v) is 6.35. The standard InChI is InChI=1S/C15H22BrNO/c1-11-5-7-14(8-6-11)17-10-15(18)12-3-2-4-13(16)9-12/h2-4,9,11,14-15,17-18H,5-8,10H2,1H3. The van der Waals surface area contributed by atoms with Crippen molar-refractivity contribution in [3.05, 3.63) is 34.3 Å². The number of aliphatic hydroxyl groups is 1. The van der Waals surface area contributed by atoms with Gasteiger partial charge in [-0.15, -0.1) is 0 Å². The fourth-order valence-corrected chi connectivity index (χ4v) is 2.99. The summed E-state index contributed by atoms with van der Waals surface area (Å²) in [6.45, 7) is 2.97. The van der Waals surface area contributed by atoms with Crippen molar-refractivity contribution in [2.24, 2.45) is 5.92 Å². The molecule has 1 unspecified atom stereocenters. The monoisotopic (exact) mass is 311 g/mol. The van der Waals surface area contributed by atoms with E-state index >= 15 is 0 Å². The molecule has 1 aliphatic carbocycles. The number of benzene rings is 1. The van der Waals surface area contributed by atoms with Crippen LogP contribution in [-0.4, -0.2) is 17.7 Å². The molecule has 1 aromatic rings. The average Bonchev–Trinajstić information content (AvgIpc) is 2.38. The Labute approximate surface area is 118 Å². The molecule has 0 amide bonds. The van der Waals surface area contributed by atoms with E-state index < -0.39 is 6.10 Å². The summed E-state index contributed by atoms with van der Waals surface area (Å²) < 4.78 is 1.02. The van der Waals surface area contributed by atoms with Gasteiger partial charge in [-0.3, -0.25) is 0 Å². The van der Waals surface area contributed by atoms with Gasteiger partial charge in [0.15, 0.2) is 0 Å². The van der Waals surface area contributed by atoms with Crippen molar-refractivity contribution < 1.29 is 5.11 Å². The van der Waals surface area contributed by atoms with Crippen LogP contribution in [0.15, 0.2) is 28.7 Å². The molecule has 0 bridgehead atoms. The van der Waals surface area contributed by atoms with Gasteiger partial charge in [0.2, 0.25) is 0 Å². The Kier molecular flexibility index (Phi) is 5.22. The molecule has 2 rings (SSSR count). The topological polar surface area (TPSA) is 32.3 Å². The second kappa shape index (κ2) is 6.69. The molecule has 0 radical (unpaired) electrons. The van der Waals surface area contributed by atoms with Gasteiger partial charge in [-0.05, 0) is 49.3 Å².